The lowest BCUT2D eigenvalue weighted by Gasteiger charge is -2.30. The van der Waals surface area contributed by atoms with Crippen LogP contribution >= 0.6 is 0 Å². The fraction of sp³-hybridized carbons (Fsp3) is 0.800. The highest BCUT2D eigenvalue weighted by molar-refractivity contribution is 6.07. The number of urea groups is 1. The number of hydrogen-bond donors (Lipinski definition) is 2. The average molecular weight is 311 g/mol. The fourth-order valence-corrected chi connectivity index (χ4v) is 3.23. The smallest absolute Gasteiger partial charge is 0.325 e. The molecule has 4 amide bonds. The van der Waals surface area contributed by atoms with Gasteiger partial charge in [-0.2, -0.15) is 0 Å². The molecule has 7 heteroatoms. The lowest BCUT2D eigenvalue weighted by Crippen LogP contribution is -2.48. The first kappa shape index (κ1) is 16.7. The SMILES string of the molecule is COCC(C)NC(=O)CCN1C(=O)NC2(CCCCC2)C1=O. The number of nitrogens with zero attached hydrogens (tertiary/aromatic N) is 1. The molecule has 1 aliphatic heterocycles. The van der Waals surface area contributed by atoms with Crippen molar-refractivity contribution in [2.24, 2.45) is 0 Å². The summed E-state index contributed by atoms with van der Waals surface area (Å²) in [5, 5.41) is 5.61. The molecular weight excluding hydrogens is 286 g/mol. The molecule has 1 saturated carbocycles. The van der Waals surface area contributed by atoms with Crippen molar-refractivity contribution >= 4 is 17.8 Å². The van der Waals surface area contributed by atoms with Gasteiger partial charge < -0.3 is 15.4 Å². The molecule has 1 atom stereocenters. The van der Waals surface area contributed by atoms with E-state index in [1.807, 2.05) is 6.92 Å². The monoisotopic (exact) mass is 311 g/mol. The van der Waals surface area contributed by atoms with E-state index >= 15 is 0 Å². The van der Waals surface area contributed by atoms with Crippen LogP contribution in [-0.2, 0) is 14.3 Å². The van der Waals surface area contributed by atoms with Crippen LogP contribution in [0.5, 0.6) is 0 Å². The number of carbonyl (C=O) groups excluding carboxylic acids is 3. The molecule has 0 radical (unpaired) electrons. The Morgan fingerprint density at radius 1 is 1.36 bits per heavy atom. The summed E-state index contributed by atoms with van der Waals surface area (Å²) in [4.78, 5) is 37.6. The van der Waals surface area contributed by atoms with Crippen molar-refractivity contribution in [1.29, 1.82) is 0 Å². The second-order valence-electron chi connectivity index (χ2n) is 6.20. The van der Waals surface area contributed by atoms with Crippen LogP contribution < -0.4 is 10.6 Å². The molecule has 0 aromatic rings. The molecule has 1 aliphatic carbocycles. The van der Waals surface area contributed by atoms with E-state index in [0.717, 1.165) is 19.3 Å². The first-order valence-corrected chi connectivity index (χ1v) is 7.91. The van der Waals surface area contributed by atoms with Crippen molar-refractivity contribution in [3.05, 3.63) is 0 Å². The Bertz CT molecular complexity index is 446. The minimum Gasteiger partial charge on any atom is -0.383 e. The van der Waals surface area contributed by atoms with Gasteiger partial charge in [0.05, 0.1) is 6.61 Å². The zero-order chi connectivity index (χ0) is 16.2. The Balaban J connectivity index is 1.86. The normalized spacial score (nSPS) is 21.8. The van der Waals surface area contributed by atoms with Crippen LogP contribution in [0.3, 0.4) is 0 Å². The third-order valence-corrected chi connectivity index (χ3v) is 4.34. The molecule has 1 saturated heterocycles. The predicted octanol–water partition coefficient (Wildman–Crippen LogP) is 0.782. The largest absolute Gasteiger partial charge is 0.383 e. The summed E-state index contributed by atoms with van der Waals surface area (Å²) in [6.07, 6.45) is 4.52. The van der Waals surface area contributed by atoms with Crippen LogP contribution in [0.2, 0.25) is 0 Å². The first-order valence-electron chi connectivity index (χ1n) is 7.91. The standard InChI is InChI=1S/C15H25N3O4/c1-11(10-22-2)16-12(19)6-9-18-13(20)15(17-14(18)21)7-4-3-5-8-15/h11H,3-10H2,1-2H3,(H,16,19)(H,17,21). The summed E-state index contributed by atoms with van der Waals surface area (Å²) >= 11 is 0. The van der Waals surface area contributed by atoms with Crippen molar-refractivity contribution in [3.63, 3.8) is 0 Å². The van der Waals surface area contributed by atoms with E-state index in [1.54, 1.807) is 7.11 Å². The zero-order valence-electron chi connectivity index (χ0n) is 13.3. The van der Waals surface area contributed by atoms with Crippen molar-refractivity contribution in [3.8, 4) is 0 Å². The highest BCUT2D eigenvalue weighted by atomic mass is 16.5. The molecule has 2 fully saturated rings. The van der Waals surface area contributed by atoms with Gasteiger partial charge in [-0.05, 0) is 19.8 Å². The number of rotatable bonds is 6. The maximum Gasteiger partial charge on any atom is 0.325 e. The van der Waals surface area contributed by atoms with Gasteiger partial charge >= 0.3 is 6.03 Å². The molecule has 2 aliphatic rings. The van der Waals surface area contributed by atoms with Gasteiger partial charge in [-0.3, -0.25) is 14.5 Å². The van der Waals surface area contributed by atoms with E-state index < -0.39 is 5.54 Å². The molecule has 0 bridgehead atoms. The minimum absolute atomic E-state index is 0.0923. The lowest BCUT2D eigenvalue weighted by atomic mass is 9.82. The number of methoxy groups -OCH3 is 1. The van der Waals surface area contributed by atoms with Crippen LogP contribution in [0.1, 0.15) is 45.4 Å². The molecule has 1 spiro atoms. The summed E-state index contributed by atoms with van der Waals surface area (Å²) in [5.41, 5.74) is -0.713. The van der Waals surface area contributed by atoms with Gasteiger partial charge in [0.1, 0.15) is 5.54 Å². The zero-order valence-corrected chi connectivity index (χ0v) is 13.3. The molecule has 7 nitrogen and oxygen atoms in total. The van der Waals surface area contributed by atoms with Gasteiger partial charge in [-0.15, -0.1) is 0 Å². The molecule has 124 valence electrons. The molecular formula is C15H25N3O4. The molecule has 1 heterocycles. The fourth-order valence-electron chi connectivity index (χ4n) is 3.23. The molecule has 2 N–H and O–H groups in total. The summed E-state index contributed by atoms with van der Waals surface area (Å²) in [5.74, 6) is -0.357. The first-order chi connectivity index (χ1) is 10.5. The number of amides is 4. The van der Waals surface area contributed by atoms with Crippen molar-refractivity contribution in [2.75, 3.05) is 20.3 Å². The Kier molecular flexibility index (Phi) is 5.39. The van der Waals surface area contributed by atoms with E-state index in [9.17, 15) is 14.4 Å². The Hall–Kier alpha value is -1.63. The Morgan fingerprint density at radius 2 is 2.05 bits per heavy atom. The van der Waals surface area contributed by atoms with Gasteiger partial charge in [-0.1, -0.05) is 19.3 Å². The molecule has 0 aromatic carbocycles. The van der Waals surface area contributed by atoms with Crippen LogP contribution in [-0.4, -0.2) is 54.6 Å². The number of carbonyl (C=O) groups is 3. The average Bonchev–Trinajstić information content (AvgIpc) is 2.69. The van der Waals surface area contributed by atoms with Crippen LogP contribution in [0, 0.1) is 0 Å². The summed E-state index contributed by atoms with van der Waals surface area (Å²) in [6, 6.07) is -0.463. The number of ether oxygens (including phenoxy) is 1. The quantitative estimate of drug-likeness (QED) is 0.710. The second-order valence-corrected chi connectivity index (χ2v) is 6.20. The van der Waals surface area contributed by atoms with Crippen molar-refractivity contribution in [1.82, 2.24) is 15.5 Å². The van der Waals surface area contributed by atoms with E-state index in [1.165, 1.54) is 4.90 Å². The molecule has 0 aromatic heterocycles. The van der Waals surface area contributed by atoms with E-state index in [-0.39, 0.29) is 36.9 Å². The summed E-state index contributed by atoms with van der Waals surface area (Å²) in [6.45, 7) is 2.39. The van der Waals surface area contributed by atoms with E-state index in [4.69, 9.17) is 4.74 Å². The minimum atomic E-state index is -0.713. The van der Waals surface area contributed by atoms with Crippen molar-refractivity contribution < 1.29 is 19.1 Å². The second kappa shape index (κ2) is 7.09. The van der Waals surface area contributed by atoms with Crippen LogP contribution in [0.25, 0.3) is 0 Å². The van der Waals surface area contributed by atoms with Crippen LogP contribution in [0.4, 0.5) is 4.79 Å². The van der Waals surface area contributed by atoms with Crippen LogP contribution in [0.15, 0.2) is 0 Å². The maximum absolute atomic E-state index is 12.5. The lowest BCUT2D eigenvalue weighted by molar-refractivity contribution is -0.132. The number of hydrogen-bond acceptors (Lipinski definition) is 4. The molecule has 1 unspecified atom stereocenters. The topological polar surface area (TPSA) is 87.7 Å². The highest BCUT2D eigenvalue weighted by Gasteiger charge is 2.50. The van der Waals surface area contributed by atoms with Gasteiger partial charge in [0.2, 0.25) is 5.91 Å². The van der Waals surface area contributed by atoms with Gasteiger partial charge in [0, 0.05) is 26.1 Å². The summed E-state index contributed by atoms with van der Waals surface area (Å²) in [7, 11) is 1.57. The predicted molar refractivity (Wildman–Crippen MR) is 80.2 cm³/mol. The van der Waals surface area contributed by atoms with Gasteiger partial charge in [0.25, 0.3) is 5.91 Å². The summed E-state index contributed by atoms with van der Waals surface area (Å²) < 4.78 is 4.95. The molecule has 2 rings (SSSR count). The van der Waals surface area contributed by atoms with Crippen molar-refractivity contribution in [2.45, 2.75) is 57.0 Å². The Morgan fingerprint density at radius 3 is 2.68 bits per heavy atom. The third kappa shape index (κ3) is 3.58. The highest BCUT2D eigenvalue weighted by Crippen LogP contribution is 2.33. The van der Waals surface area contributed by atoms with Gasteiger partial charge in [-0.25, -0.2) is 4.79 Å². The molecule has 22 heavy (non-hydrogen) atoms. The number of imide groups is 1. The third-order valence-electron chi connectivity index (χ3n) is 4.34. The number of nitrogens with one attached hydrogen (secondary N) is 2. The maximum atomic E-state index is 12.5. The van der Waals surface area contributed by atoms with E-state index in [2.05, 4.69) is 10.6 Å². The van der Waals surface area contributed by atoms with Gasteiger partial charge in [0.15, 0.2) is 0 Å². The van der Waals surface area contributed by atoms with E-state index in [0.29, 0.717) is 19.4 Å². The Labute approximate surface area is 130 Å².